The Kier molecular flexibility index (Phi) is 7.98. The van der Waals surface area contributed by atoms with Gasteiger partial charge in [0.2, 0.25) is 0 Å². The van der Waals surface area contributed by atoms with E-state index in [0.717, 1.165) is 75.5 Å². The molecule has 214 valence electrons. The largest absolute Gasteiger partial charge is 0.459 e. The second kappa shape index (κ2) is 11.3. The highest BCUT2D eigenvalue weighted by Crippen LogP contribution is 2.40. The second-order valence-electron chi connectivity index (χ2n) is 11.2. The number of benzene rings is 1. The van der Waals surface area contributed by atoms with Crippen LogP contribution in [0.15, 0.2) is 41.3 Å². The van der Waals surface area contributed by atoms with Crippen LogP contribution < -0.4 is 5.32 Å². The molecule has 5 rings (SSSR count). The normalized spacial score (nSPS) is 16.3. The molecular formula is C31H33N3O5S2. The quantitative estimate of drug-likeness (QED) is 0.254. The van der Waals surface area contributed by atoms with Crippen LogP contribution in [0.25, 0.3) is 11.1 Å². The number of thiophene rings is 1. The van der Waals surface area contributed by atoms with Gasteiger partial charge in [0.15, 0.2) is 0 Å². The van der Waals surface area contributed by atoms with Crippen molar-refractivity contribution in [3.63, 3.8) is 0 Å². The van der Waals surface area contributed by atoms with Crippen LogP contribution in [0.4, 0.5) is 10.5 Å². The number of fused-ring (bicyclic) bond motifs is 1. The molecule has 0 spiro atoms. The highest BCUT2D eigenvalue weighted by atomic mass is 32.2. The third-order valence-corrected chi connectivity index (χ3v) is 9.14. The molecule has 0 radical (unpaired) electrons. The predicted molar refractivity (Wildman–Crippen MR) is 163 cm³/mol. The van der Waals surface area contributed by atoms with Gasteiger partial charge in [0, 0.05) is 22.0 Å². The van der Waals surface area contributed by atoms with Crippen molar-refractivity contribution in [3.8, 4) is 5.00 Å². The number of carbonyl (C=O) groups excluding carboxylic acids is 4. The highest BCUT2D eigenvalue weighted by molar-refractivity contribution is 8.18. The lowest BCUT2D eigenvalue weighted by Crippen LogP contribution is -2.37. The molecule has 2 aromatic heterocycles. The van der Waals surface area contributed by atoms with Crippen LogP contribution >= 0.6 is 23.1 Å². The monoisotopic (exact) mass is 591 g/mol. The summed E-state index contributed by atoms with van der Waals surface area (Å²) in [6, 6.07) is 11.4. The van der Waals surface area contributed by atoms with Crippen LogP contribution in [-0.2, 0) is 27.2 Å². The van der Waals surface area contributed by atoms with E-state index < -0.39 is 29.3 Å². The first-order valence-electron chi connectivity index (χ1n) is 13.6. The number of thioether (sulfide) groups is 1. The molecule has 3 aromatic rings. The van der Waals surface area contributed by atoms with E-state index in [1.807, 2.05) is 50.2 Å². The van der Waals surface area contributed by atoms with E-state index in [-0.39, 0.29) is 10.8 Å². The first-order chi connectivity index (χ1) is 19.4. The Bertz CT molecular complexity index is 1580. The summed E-state index contributed by atoms with van der Waals surface area (Å²) in [6.07, 6.45) is 5.64. The first-order valence-corrected chi connectivity index (χ1v) is 15.2. The molecule has 0 bridgehead atoms. The summed E-state index contributed by atoms with van der Waals surface area (Å²) >= 11 is 2.45. The molecule has 1 saturated heterocycles. The fraction of sp³-hybridized carbons (Fsp3) is 0.355. The zero-order valence-corrected chi connectivity index (χ0v) is 25.5. The summed E-state index contributed by atoms with van der Waals surface area (Å²) in [5.41, 5.74) is 4.36. The van der Waals surface area contributed by atoms with E-state index in [1.54, 1.807) is 38.2 Å². The van der Waals surface area contributed by atoms with Crippen LogP contribution in [0.1, 0.15) is 71.4 Å². The van der Waals surface area contributed by atoms with E-state index in [2.05, 4.69) is 9.88 Å². The predicted octanol–water partition coefficient (Wildman–Crippen LogP) is 6.66. The van der Waals surface area contributed by atoms with Crippen LogP contribution in [0.5, 0.6) is 0 Å². The number of hydrogen-bond donors (Lipinski definition) is 1. The maximum absolute atomic E-state index is 13.7. The zero-order chi connectivity index (χ0) is 29.5. The van der Waals surface area contributed by atoms with Crippen molar-refractivity contribution in [1.82, 2.24) is 9.47 Å². The third-order valence-electron chi connectivity index (χ3n) is 6.95. The van der Waals surface area contributed by atoms with Gasteiger partial charge in [-0.15, -0.1) is 11.3 Å². The first kappa shape index (κ1) is 28.9. The third kappa shape index (κ3) is 6.04. The highest BCUT2D eigenvalue weighted by Gasteiger charge is 2.37. The Balaban J connectivity index is 1.47. The Morgan fingerprint density at radius 1 is 1.07 bits per heavy atom. The van der Waals surface area contributed by atoms with E-state index in [1.165, 1.54) is 4.88 Å². The summed E-state index contributed by atoms with van der Waals surface area (Å²) in [6.45, 7) is 8.68. The summed E-state index contributed by atoms with van der Waals surface area (Å²) in [5, 5.41) is 3.42. The van der Waals surface area contributed by atoms with Crippen molar-refractivity contribution in [1.29, 1.82) is 0 Å². The number of imide groups is 1. The average Bonchev–Trinajstić information content (AvgIpc) is 3.50. The number of hydrogen-bond acceptors (Lipinski definition) is 7. The van der Waals surface area contributed by atoms with Gasteiger partial charge in [-0.1, -0.05) is 18.2 Å². The summed E-state index contributed by atoms with van der Waals surface area (Å²) in [7, 11) is 0. The standard InChI is InChI=1S/C31H33N3O5S2/c1-18-15-20(16-24-28(37)33(30(38)41-24)17-25(35)39-31(3,4)5)19(2)34(18)29-26(22-13-9-10-14-23(22)40-29)27(36)32-21-11-7-6-8-12-21/h6-8,11-12,15-16H,9-10,13-14,17H2,1-5H3,(H,32,36). The summed E-state index contributed by atoms with van der Waals surface area (Å²) < 4.78 is 7.36. The van der Waals surface area contributed by atoms with Crippen molar-refractivity contribution >= 4 is 57.9 Å². The van der Waals surface area contributed by atoms with E-state index >= 15 is 0 Å². The van der Waals surface area contributed by atoms with Gasteiger partial charge in [-0.25, -0.2) is 0 Å². The van der Waals surface area contributed by atoms with Crippen LogP contribution in [-0.4, -0.2) is 44.6 Å². The van der Waals surface area contributed by atoms with Gasteiger partial charge < -0.3 is 14.6 Å². The minimum atomic E-state index is -0.718. The van der Waals surface area contributed by atoms with Gasteiger partial charge in [0.1, 0.15) is 17.1 Å². The average molecular weight is 592 g/mol. The Hall–Kier alpha value is -3.63. The SMILES string of the molecule is Cc1cc(C=C2SC(=O)N(CC(=O)OC(C)(C)C)C2=O)c(C)n1-c1sc2c(c1C(=O)Nc1ccccc1)CCCC2. The molecule has 41 heavy (non-hydrogen) atoms. The second-order valence-corrected chi connectivity index (χ2v) is 13.3. The van der Waals surface area contributed by atoms with E-state index in [9.17, 15) is 19.2 Å². The molecule has 0 atom stereocenters. The molecule has 1 aromatic carbocycles. The van der Waals surface area contributed by atoms with E-state index in [0.29, 0.717) is 5.56 Å². The topological polar surface area (TPSA) is 97.7 Å². The van der Waals surface area contributed by atoms with Crippen molar-refractivity contribution in [2.45, 2.75) is 65.9 Å². The van der Waals surface area contributed by atoms with Crippen molar-refractivity contribution < 1.29 is 23.9 Å². The maximum Gasteiger partial charge on any atom is 0.326 e. The number of carbonyl (C=O) groups is 4. The minimum absolute atomic E-state index is 0.136. The van der Waals surface area contributed by atoms with Crippen LogP contribution in [0.2, 0.25) is 0 Å². The van der Waals surface area contributed by atoms with Crippen molar-refractivity contribution in [3.05, 3.63) is 74.3 Å². The van der Waals surface area contributed by atoms with Gasteiger partial charge in [-0.2, -0.15) is 0 Å². The molecule has 1 aliphatic carbocycles. The fourth-order valence-electron chi connectivity index (χ4n) is 5.18. The molecule has 3 heterocycles. The Morgan fingerprint density at radius 2 is 1.78 bits per heavy atom. The van der Waals surface area contributed by atoms with Gasteiger partial charge in [-0.3, -0.25) is 24.1 Å². The Labute approximate surface area is 247 Å². The molecule has 0 unspecified atom stereocenters. The molecule has 10 heteroatoms. The van der Waals surface area contributed by atoms with Crippen LogP contribution in [0, 0.1) is 13.8 Å². The number of aromatic nitrogens is 1. The number of rotatable bonds is 6. The van der Waals surface area contributed by atoms with Gasteiger partial charge in [0.25, 0.3) is 17.1 Å². The maximum atomic E-state index is 13.7. The van der Waals surface area contributed by atoms with Gasteiger partial charge in [0.05, 0.1) is 10.5 Å². The van der Waals surface area contributed by atoms with Gasteiger partial charge in [-0.05, 0) is 107 Å². The van der Waals surface area contributed by atoms with Crippen LogP contribution in [0.3, 0.4) is 0 Å². The fourth-order valence-corrected chi connectivity index (χ4v) is 7.51. The van der Waals surface area contributed by atoms with Gasteiger partial charge >= 0.3 is 5.97 Å². The molecule has 1 fully saturated rings. The number of nitrogens with one attached hydrogen (secondary N) is 1. The number of aryl methyl sites for hydroxylation is 2. The molecule has 0 saturated carbocycles. The molecule has 1 N–H and O–H groups in total. The molecule has 3 amide bonds. The summed E-state index contributed by atoms with van der Waals surface area (Å²) in [5.74, 6) is -1.30. The zero-order valence-electron chi connectivity index (χ0n) is 23.8. The smallest absolute Gasteiger partial charge is 0.326 e. The molecular weight excluding hydrogens is 558 g/mol. The minimum Gasteiger partial charge on any atom is -0.459 e. The number of nitrogens with zero attached hydrogens (tertiary/aromatic N) is 2. The number of anilines is 1. The number of amides is 3. The number of para-hydroxylation sites is 1. The lowest BCUT2D eigenvalue weighted by atomic mass is 9.95. The van der Waals surface area contributed by atoms with Crippen molar-refractivity contribution in [2.75, 3.05) is 11.9 Å². The lowest BCUT2D eigenvalue weighted by molar-refractivity contribution is -0.156. The lowest BCUT2D eigenvalue weighted by Gasteiger charge is -2.21. The molecule has 2 aliphatic rings. The molecule has 8 nitrogen and oxygen atoms in total. The number of ether oxygens (including phenoxy) is 1. The number of esters is 1. The molecule has 1 aliphatic heterocycles. The summed E-state index contributed by atoms with van der Waals surface area (Å²) in [4.78, 5) is 54.1. The van der Waals surface area contributed by atoms with Crippen molar-refractivity contribution in [2.24, 2.45) is 0 Å². The van der Waals surface area contributed by atoms with E-state index in [4.69, 9.17) is 4.74 Å². The Morgan fingerprint density at radius 3 is 2.49 bits per heavy atom.